The lowest BCUT2D eigenvalue weighted by Crippen LogP contribution is -2.26. The Labute approximate surface area is 124 Å². The second-order valence-corrected chi connectivity index (χ2v) is 7.10. The van der Waals surface area contributed by atoms with Crippen molar-refractivity contribution in [2.45, 2.75) is 50.8 Å². The molecule has 114 valence electrons. The Morgan fingerprint density at radius 1 is 1.25 bits per heavy atom. The lowest BCUT2D eigenvalue weighted by atomic mass is 10.0. The molecule has 3 unspecified atom stereocenters. The molecule has 0 saturated heterocycles. The molecule has 1 N–H and O–H groups in total. The summed E-state index contributed by atoms with van der Waals surface area (Å²) in [5.74, 6) is -0.196. The van der Waals surface area contributed by atoms with E-state index in [9.17, 15) is 8.60 Å². The van der Waals surface area contributed by atoms with Crippen LogP contribution in [0.15, 0.2) is 24.3 Å². The van der Waals surface area contributed by atoms with Gasteiger partial charge in [-0.1, -0.05) is 38.8 Å². The molecule has 2 nitrogen and oxygen atoms in total. The first-order valence-electron chi connectivity index (χ1n) is 7.35. The molecule has 1 aromatic carbocycles. The molecule has 0 aromatic heterocycles. The van der Waals surface area contributed by atoms with E-state index in [1.807, 2.05) is 19.1 Å². The van der Waals surface area contributed by atoms with Crippen molar-refractivity contribution < 1.29 is 8.60 Å². The number of hydrogen-bond acceptors (Lipinski definition) is 2. The fourth-order valence-electron chi connectivity index (χ4n) is 2.12. The Kier molecular flexibility index (Phi) is 8.00. The van der Waals surface area contributed by atoms with Crippen LogP contribution in [0.5, 0.6) is 0 Å². The van der Waals surface area contributed by atoms with Crippen molar-refractivity contribution in [2.24, 2.45) is 0 Å². The zero-order valence-corrected chi connectivity index (χ0v) is 13.5. The maximum absolute atomic E-state index is 13.0. The molecule has 20 heavy (non-hydrogen) atoms. The van der Waals surface area contributed by atoms with E-state index in [1.165, 1.54) is 12.1 Å². The van der Waals surface area contributed by atoms with Crippen LogP contribution in [0.25, 0.3) is 0 Å². The molecule has 0 aliphatic carbocycles. The van der Waals surface area contributed by atoms with E-state index in [0.29, 0.717) is 0 Å². The largest absolute Gasteiger partial charge is 0.310 e. The Morgan fingerprint density at radius 2 is 1.90 bits per heavy atom. The molecule has 0 amide bonds. The molecule has 0 aliphatic heterocycles. The zero-order valence-electron chi connectivity index (χ0n) is 12.7. The number of nitrogens with one attached hydrogen (secondary N) is 1. The van der Waals surface area contributed by atoms with Gasteiger partial charge in [-0.2, -0.15) is 0 Å². The van der Waals surface area contributed by atoms with E-state index in [1.54, 1.807) is 6.26 Å². The van der Waals surface area contributed by atoms with Gasteiger partial charge in [0.1, 0.15) is 5.82 Å². The van der Waals surface area contributed by atoms with E-state index in [2.05, 4.69) is 12.2 Å². The summed E-state index contributed by atoms with van der Waals surface area (Å²) >= 11 is 0. The van der Waals surface area contributed by atoms with Crippen LogP contribution in [0, 0.1) is 5.82 Å². The van der Waals surface area contributed by atoms with Gasteiger partial charge >= 0.3 is 0 Å². The van der Waals surface area contributed by atoms with Gasteiger partial charge in [0, 0.05) is 28.3 Å². The minimum absolute atomic E-state index is 0.196. The van der Waals surface area contributed by atoms with Crippen molar-refractivity contribution in [3.05, 3.63) is 35.6 Å². The lowest BCUT2D eigenvalue weighted by Gasteiger charge is -2.20. The number of halogens is 1. The summed E-state index contributed by atoms with van der Waals surface area (Å²) in [4.78, 5) is 0. The summed E-state index contributed by atoms with van der Waals surface area (Å²) in [5, 5.41) is 3.73. The van der Waals surface area contributed by atoms with Gasteiger partial charge in [-0.25, -0.2) is 4.39 Å². The van der Waals surface area contributed by atoms with Crippen LogP contribution in [0.3, 0.4) is 0 Å². The van der Waals surface area contributed by atoms with Crippen molar-refractivity contribution in [2.75, 3.05) is 12.8 Å². The third kappa shape index (κ3) is 6.14. The second kappa shape index (κ2) is 9.24. The van der Waals surface area contributed by atoms with Crippen molar-refractivity contribution in [1.29, 1.82) is 0 Å². The molecule has 3 atom stereocenters. The van der Waals surface area contributed by atoms with Gasteiger partial charge in [0.05, 0.1) is 0 Å². The summed E-state index contributed by atoms with van der Waals surface area (Å²) in [7, 11) is -0.768. The van der Waals surface area contributed by atoms with Crippen LogP contribution < -0.4 is 5.32 Å². The van der Waals surface area contributed by atoms with Crippen LogP contribution in [-0.2, 0) is 10.8 Å². The van der Waals surface area contributed by atoms with Crippen LogP contribution >= 0.6 is 0 Å². The molecule has 0 aliphatic rings. The highest BCUT2D eigenvalue weighted by Gasteiger charge is 2.12. The van der Waals surface area contributed by atoms with E-state index in [4.69, 9.17) is 0 Å². The number of rotatable bonds is 9. The molecule has 0 bridgehead atoms. The summed E-state index contributed by atoms with van der Waals surface area (Å²) < 4.78 is 24.3. The summed E-state index contributed by atoms with van der Waals surface area (Å²) in [6.45, 7) is 5.02. The first-order chi connectivity index (χ1) is 9.54. The number of unbranched alkanes of at least 4 members (excludes halogenated alkanes) is 1. The van der Waals surface area contributed by atoms with Crippen LogP contribution in [0.4, 0.5) is 4.39 Å². The molecule has 1 aromatic rings. The first kappa shape index (κ1) is 17.3. The van der Waals surface area contributed by atoms with Gasteiger partial charge in [0.15, 0.2) is 0 Å². The van der Waals surface area contributed by atoms with Crippen LogP contribution in [0.2, 0.25) is 0 Å². The SMILES string of the molecule is CCCCC(NCCC(C)S(C)=O)c1ccc(F)cc1. The smallest absolute Gasteiger partial charge is 0.123 e. The van der Waals surface area contributed by atoms with Gasteiger partial charge in [0.2, 0.25) is 0 Å². The van der Waals surface area contributed by atoms with Gasteiger partial charge in [0.25, 0.3) is 0 Å². The topological polar surface area (TPSA) is 29.1 Å². The van der Waals surface area contributed by atoms with Gasteiger partial charge < -0.3 is 5.32 Å². The Balaban J connectivity index is 2.55. The fraction of sp³-hybridized carbons (Fsp3) is 0.625. The predicted octanol–water partition coefficient (Wildman–Crippen LogP) is 3.80. The molecule has 0 fully saturated rings. The van der Waals surface area contributed by atoms with E-state index in [0.717, 1.165) is 37.8 Å². The lowest BCUT2D eigenvalue weighted by molar-refractivity contribution is 0.474. The third-order valence-corrected chi connectivity index (χ3v) is 5.00. The van der Waals surface area contributed by atoms with E-state index >= 15 is 0 Å². The monoisotopic (exact) mass is 299 g/mol. The highest BCUT2D eigenvalue weighted by Crippen LogP contribution is 2.20. The first-order valence-corrected chi connectivity index (χ1v) is 8.97. The second-order valence-electron chi connectivity index (χ2n) is 5.30. The fourth-order valence-corrected chi connectivity index (χ4v) is 2.57. The minimum Gasteiger partial charge on any atom is -0.310 e. The molecule has 1 rings (SSSR count). The van der Waals surface area contributed by atoms with Gasteiger partial charge in [-0.15, -0.1) is 0 Å². The summed E-state index contributed by atoms with van der Waals surface area (Å²) in [6.07, 6.45) is 5.98. The quantitative estimate of drug-likeness (QED) is 0.751. The maximum Gasteiger partial charge on any atom is 0.123 e. The Hall–Kier alpha value is -0.740. The van der Waals surface area contributed by atoms with Crippen LogP contribution in [-0.4, -0.2) is 22.3 Å². The normalized spacial score (nSPS) is 15.8. The van der Waals surface area contributed by atoms with Crippen molar-refractivity contribution in [1.82, 2.24) is 5.32 Å². The molecule has 0 spiro atoms. The number of benzene rings is 1. The van der Waals surface area contributed by atoms with Crippen molar-refractivity contribution >= 4 is 10.8 Å². The van der Waals surface area contributed by atoms with Crippen molar-refractivity contribution in [3.8, 4) is 0 Å². The molecule has 0 saturated carbocycles. The highest BCUT2D eigenvalue weighted by molar-refractivity contribution is 7.84. The minimum atomic E-state index is -0.768. The zero-order chi connectivity index (χ0) is 15.0. The summed E-state index contributed by atoms with van der Waals surface area (Å²) in [5.41, 5.74) is 1.13. The van der Waals surface area contributed by atoms with E-state index < -0.39 is 10.8 Å². The highest BCUT2D eigenvalue weighted by atomic mass is 32.2. The van der Waals surface area contributed by atoms with Gasteiger partial charge in [-0.3, -0.25) is 4.21 Å². The molecular formula is C16H26FNOS. The molecule has 0 heterocycles. The molecule has 0 radical (unpaired) electrons. The Morgan fingerprint density at radius 3 is 2.45 bits per heavy atom. The van der Waals surface area contributed by atoms with E-state index in [-0.39, 0.29) is 17.1 Å². The standard InChI is InChI=1S/C16H26FNOS/c1-4-5-6-16(14-7-9-15(17)10-8-14)18-12-11-13(2)20(3)19/h7-10,13,16,18H,4-6,11-12H2,1-3H3. The molecular weight excluding hydrogens is 273 g/mol. The van der Waals surface area contributed by atoms with Crippen molar-refractivity contribution in [3.63, 3.8) is 0 Å². The molecule has 4 heteroatoms. The predicted molar refractivity (Wildman–Crippen MR) is 84.8 cm³/mol. The summed E-state index contributed by atoms with van der Waals surface area (Å²) in [6, 6.07) is 6.99. The van der Waals surface area contributed by atoms with Gasteiger partial charge in [-0.05, 0) is 37.1 Å². The number of hydrogen-bond donors (Lipinski definition) is 1. The average molecular weight is 299 g/mol. The average Bonchev–Trinajstić information content (AvgIpc) is 2.43. The van der Waals surface area contributed by atoms with Crippen LogP contribution in [0.1, 0.15) is 51.1 Å². The Bertz CT molecular complexity index is 407. The maximum atomic E-state index is 13.0. The third-order valence-electron chi connectivity index (χ3n) is 3.63.